The molecule has 0 amide bonds. The van der Waals surface area contributed by atoms with Crippen LogP contribution in [0.1, 0.15) is 39.5 Å². The fourth-order valence-electron chi connectivity index (χ4n) is 2.27. The van der Waals surface area contributed by atoms with Crippen LogP contribution in [0.25, 0.3) is 0 Å². The lowest BCUT2D eigenvalue weighted by Crippen LogP contribution is -2.44. The molecule has 1 aliphatic carbocycles. The van der Waals surface area contributed by atoms with Crippen LogP contribution in [0.2, 0.25) is 0 Å². The van der Waals surface area contributed by atoms with E-state index in [1.54, 1.807) is 0 Å². The highest BCUT2D eigenvalue weighted by Gasteiger charge is 2.28. The highest BCUT2D eigenvalue weighted by atomic mass is 79.9. The van der Waals surface area contributed by atoms with Gasteiger partial charge in [-0.1, -0.05) is 42.6 Å². The fraction of sp³-hybridized carbons (Fsp3) is 1.00. The Labute approximate surface area is 108 Å². The van der Waals surface area contributed by atoms with Gasteiger partial charge >= 0.3 is 0 Å². The van der Waals surface area contributed by atoms with E-state index in [4.69, 9.17) is 0 Å². The standard InChI is InChI=1S/C11H22BrNO2S/c1-9(2)8-16(14,15)13-11-6-4-3-5-10(11)7-12/h9-11,13H,3-8H2,1-2H3. The minimum atomic E-state index is -3.09. The van der Waals surface area contributed by atoms with Gasteiger partial charge in [-0.15, -0.1) is 0 Å². The number of rotatable bonds is 5. The third-order valence-electron chi connectivity index (χ3n) is 2.99. The molecular weight excluding hydrogens is 290 g/mol. The smallest absolute Gasteiger partial charge is 0.212 e. The first kappa shape index (κ1) is 14.5. The molecule has 0 aliphatic heterocycles. The molecule has 1 fully saturated rings. The molecule has 2 atom stereocenters. The Morgan fingerprint density at radius 1 is 1.31 bits per heavy atom. The van der Waals surface area contributed by atoms with Crippen molar-refractivity contribution in [2.24, 2.45) is 11.8 Å². The molecule has 0 aromatic carbocycles. The largest absolute Gasteiger partial charge is 0.212 e. The van der Waals surface area contributed by atoms with Gasteiger partial charge in [-0.2, -0.15) is 0 Å². The molecule has 1 N–H and O–H groups in total. The summed E-state index contributed by atoms with van der Waals surface area (Å²) in [5.41, 5.74) is 0. The first-order valence-corrected chi connectivity index (χ1v) is 8.78. The molecular formula is C11H22BrNO2S. The van der Waals surface area contributed by atoms with Crippen molar-refractivity contribution in [1.82, 2.24) is 4.72 Å². The topological polar surface area (TPSA) is 46.2 Å². The normalized spacial score (nSPS) is 27.2. The van der Waals surface area contributed by atoms with Gasteiger partial charge in [0, 0.05) is 11.4 Å². The van der Waals surface area contributed by atoms with E-state index in [9.17, 15) is 8.42 Å². The quantitative estimate of drug-likeness (QED) is 0.793. The maximum atomic E-state index is 11.8. The van der Waals surface area contributed by atoms with Crippen molar-refractivity contribution < 1.29 is 8.42 Å². The van der Waals surface area contributed by atoms with Crippen LogP contribution in [0.4, 0.5) is 0 Å². The lowest BCUT2D eigenvalue weighted by Gasteiger charge is -2.30. The lowest BCUT2D eigenvalue weighted by molar-refractivity contribution is 0.316. The van der Waals surface area contributed by atoms with E-state index in [0.717, 1.165) is 24.6 Å². The first-order chi connectivity index (χ1) is 7.44. The van der Waals surface area contributed by atoms with Crippen LogP contribution in [0.3, 0.4) is 0 Å². The van der Waals surface area contributed by atoms with Crippen LogP contribution >= 0.6 is 15.9 Å². The van der Waals surface area contributed by atoms with Crippen molar-refractivity contribution >= 4 is 26.0 Å². The van der Waals surface area contributed by atoms with Crippen molar-refractivity contribution in [2.75, 3.05) is 11.1 Å². The molecule has 16 heavy (non-hydrogen) atoms. The molecule has 0 saturated heterocycles. The van der Waals surface area contributed by atoms with E-state index in [0.29, 0.717) is 5.92 Å². The zero-order valence-corrected chi connectivity index (χ0v) is 12.5. The van der Waals surface area contributed by atoms with Gasteiger partial charge in [0.2, 0.25) is 10.0 Å². The Balaban J connectivity index is 2.57. The van der Waals surface area contributed by atoms with Crippen LogP contribution < -0.4 is 4.72 Å². The van der Waals surface area contributed by atoms with Gasteiger partial charge in [0.15, 0.2) is 0 Å². The monoisotopic (exact) mass is 311 g/mol. The number of halogens is 1. The van der Waals surface area contributed by atoms with E-state index in [1.165, 1.54) is 6.42 Å². The minimum Gasteiger partial charge on any atom is -0.212 e. The van der Waals surface area contributed by atoms with Crippen LogP contribution in [-0.4, -0.2) is 25.5 Å². The van der Waals surface area contributed by atoms with Crippen LogP contribution in [0, 0.1) is 11.8 Å². The summed E-state index contributed by atoms with van der Waals surface area (Å²) in [5.74, 6) is 0.873. The van der Waals surface area contributed by atoms with Gasteiger partial charge in [0.05, 0.1) is 5.75 Å². The van der Waals surface area contributed by atoms with E-state index >= 15 is 0 Å². The van der Waals surface area contributed by atoms with Gasteiger partial charge in [0.1, 0.15) is 0 Å². The van der Waals surface area contributed by atoms with E-state index < -0.39 is 10.0 Å². The summed E-state index contributed by atoms with van der Waals surface area (Å²) < 4.78 is 26.6. The van der Waals surface area contributed by atoms with E-state index in [-0.39, 0.29) is 17.7 Å². The summed E-state index contributed by atoms with van der Waals surface area (Å²) in [6.45, 7) is 3.87. The molecule has 1 rings (SSSR count). The van der Waals surface area contributed by atoms with Crippen LogP contribution in [-0.2, 0) is 10.0 Å². The van der Waals surface area contributed by atoms with Crippen molar-refractivity contribution in [3.05, 3.63) is 0 Å². The number of alkyl halides is 1. The second kappa shape index (κ2) is 6.36. The predicted molar refractivity (Wildman–Crippen MR) is 71.3 cm³/mol. The summed E-state index contributed by atoms with van der Waals surface area (Å²) in [4.78, 5) is 0. The molecule has 2 unspecified atom stereocenters. The Hall–Kier alpha value is 0.390. The van der Waals surface area contributed by atoms with E-state index in [2.05, 4.69) is 20.7 Å². The van der Waals surface area contributed by atoms with Crippen LogP contribution in [0.15, 0.2) is 0 Å². The Kier molecular flexibility index (Phi) is 5.74. The predicted octanol–water partition coefficient (Wildman–Crippen LogP) is 2.52. The number of hydrogen-bond donors (Lipinski definition) is 1. The Morgan fingerprint density at radius 2 is 1.94 bits per heavy atom. The second-order valence-electron chi connectivity index (χ2n) is 5.10. The molecule has 0 heterocycles. The molecule has 96 valence electrons. The molecule has 0 bridgehead atoms. The summed E-state index contributed by atoms with van der Waals surface area (Å²) >= 11 is 3.47. The molecule has 1 saturated carbocycles. The summed E-state index contributed by atoms with van der Waals surface area (Å²) in [6, 6.07) is 0.136. The summed E-state index contributed by atoms with van der Waals surface area (Å²) in [6.07, 6.45) is 4.46. The van der Waals surface area contributed by atoms with Crippen molar-refractivity contribution in [2.45, 2.75) is 45.6 Å². The average molecular weight is 312 g/mol. The SMILES string of the molecule is CC(C)CS(=O)(=O)NC1CCCCC1CBr. The molecule has 0 aromatic rings. The second-order valence-corrected chi connectivity index (χ2v) is 7.54. The number of nitrogens with one attached hydrogen (secondary N) is 1. The fourth-order valence-corrected chi connectivity index (χ4v) is 4.79. The van der Waals surface area contributed by atoms with Crippen LogP contribution in [0.5, 0.6) is 0 Å². The molecule has 3 nitrogen and oxygen atoms in total. The molecule has 0 radical (unpaired) electrons. The average Bonchev–Trinajstić information content (AvgIpc) is 2.15. The Morgan fingerprint density at radius 3 is 2.50 bits per heavy atom. The maximum Gasteiger partial charge on any atom is 0.212 e. The zero-order valence-electron chi connectivity index (χ0n) is 10.1. The summed E-state index contributed by atoms with van der Waals surface area (Å²) in [7, 11) is -3.09. The van der Waals surface area contributed by atoms with Gasteiger partial charge < -0.3 is 0 Å². The lowest BCUT2D eigenvalue weighted by atomic mass is 9.87. The highest BCUT2D eigenvalue weighted by molar-refractivity contribution is 9.09. The Bertz CT molecular complexity index is 303. The zero-order chi connectivity index (χ0) is 12.2. The van der Waals surface area contributed by atoms with Crippen molar-refractivity contribution in [3.8, 4) is 0 Å². The first-order valence-electron chi connectivity index (χ1n) is 6.00. The van der Waals surface area contributed by atoms with Gasteiger partial charge in [-0.05, 0) is 24.7 Å². The minimum absolute atomic E-state index is 0.136. The van der Waals surface area contributed by atoms with Crippen molar-refractivity contribution in [3.63, 3.8) is 0 Å². The van der Waals surface area contributed by atoms with Gasteiger partial charge in [0.25, 0.3) is 0 Å². The maximum absolute atomic E-state index is 11.8. The van der Waals surface area contributed by atoms with Crippen molar-refractivity contribution in [1.29, 1.82) is 0 Å². The third kappa shape index (κ3) is 4.72. The highest BCUT2D eigenvalue weighted by Crippen LogP contribution is 2.26. The molecule has 1 aliphatic rings. The summed E-state index contributed by atoms with van der Waals surface area (Å²) in [5, 5.41) is 0.891. The van der Waals surface area contributed by atoms with Gasteiger partial charge in [-0.25, -0.2) is 13.1 Å². The molecule has 0 aromatic heterocycles. The number of hydrogen-bond acceptors (Lipinski definition) is 2. The molecule has 0 spiro atoms. The van der Waals surface area contributed by atoms with E-state index in [1.807, 2.05) is 13.8 Å². The molecule has 5 heteroatoms. The van der Waals surface area contributed by atoms with Gasteiger partial charge in [-0.3, -0.25) is 0 Å². The third-order valence-corrected chi connectivity index (χ3v) is 5.59. The number of sulfonamides is 1.